The molecule has 0 radical (unpaired) electrons. The Hall–Kier alpha value is -2.36. The van der Waals surface area contributed by atoms with E-state index in [2.05, 4.69) is 9.97 Å². The molecule has 1 aromatic carbocycles. The van der Waals surface area contributed by atoms with Crippen LogP contribution in [0.5, 0.6) is 5.75 Å². The molecule has 19 heavy (non-hydrogen) atoms. The summed E-state index contributed by atoms with van der Waals surface area (Å²) in [6.45, 7) is 2.28. The monoisotopic (exact) mass is 256 g/mol. The first kappa shape index (κ1) is 11.7. The third kappa shape index (κ3) is 2.17. The number of nitrogens with zero attached hydrogens (tertiary/aromatic N) is 1. The summed E-state index contributed by atoms with van der Waals surface area (Å²) in [7, 11) is 0. The van der Waals surface area contributed by atoms with Gasteiger partial charge in [0, 0.05) is 40.6 Å². The van der Waals surface area contributed by atoms with Crippen molar-refractivity contribution in [3.8, 4) is 17.0 Å². The number of aromatic amines is 1. The van der Waals surface area contributed by atoms with Crippen LogP contribution in [0.1, 0.15) is 6.92 Å². The van der Waals surface area contributed by atoms with E-state index >= 15 is 0 Å². The van der Waals surface area contributed by atoms with E-state index in [-0.39, 0.29) is 11.6 Å². The van der Waals surface area contributed by atoms with Gasteiger partial charge < -0.3 is 9.72 Å². The van der Waals surface area contributed by atoms with Gasteiger partial charge in [-0.15, -0.1) is 0 Å². The normalized spacial score (nSPS) is 10.8. The summed E-state index contributed by atoms with van der Waals surface area (Å²) in [5.41, 5.74) is 2.73. The van der Waals surface area contributed by atoms with Gasteiger partial charge in [-0.3, -0.25) is 4.98 Å². The highest BCUT2D eigenvalue weighted by Crippen LogP contribution is 2.28. The number of hydrogen-bond donors (Lipinski definition) is 1. The van der Waals surface area contributed by atoms with E-state index in [1.807, 2.05) is 25.1 Å². The number of fused-ring (bicyclic) bond motifs is 1. The smallest absolute Gasteiger partial charge is 0.165 e. The lowest BCUT2D eigenvalue weighted by atomic mass is 10.2. The van der Waals surface area contributed by atoms with Gasteiger partial charge in [0.15, 0.2) is 11.6 Å². The lowest BCUT2D eigenvalue weighted by molar-refractivity contribution is 0.322. The molecule has 0 spiro atoms. The predicted octanol–water partition coefficient (Wildman–Crippen LogP) is 3.77. The lowest BCUT2D eigenvalue weighted by Gasteiger charge is -2.03. The van der Waals surface area contributed by atoms with Crippen molar-refractivity contribution in [2.45, 2.75) is 6.92 Å². The highest BCUT2D eigenvalue weighted by Gasteiger charge is 2.09. The van der Waals surface area contributed by atoms with Crippen LogP contribution in [0.3, 0.4) is 0 Å². The highest BCUT2D eigenvalue weighted by molar-refractivity contribution is 5.86. The number of ether oxygens (including phenoxy) is 1. The molecular weight excluding hydrogens is 243 g/mol. The molecule has 2 aromatic heterocycles. The molecule has 0 saturated carbocycles. The van der Waals surface area contributed by atoms with Gasteiger partial charge in [0.1, 0.15) is 0 Å². The van der Waals surface area contributed by atoms with Gasteiger partial charge in [-0.25, -0.2) is 4.39 Å². The average Bonchev–Trinajstić information content (AvgIpc) is 2.83. The molecule has 0 amide bonds. The predicted molar refractivity (Wildman–Crippen MR) is 72.7 cm³/mol. The minimum atomic E-state index is -0.342. The molecule has 0 atom stereocenters. The Morgan fingerprint density at radius 2 is 2.21 bits per heavy atom. The average molecular weight is 256 g/mol. The van der Waals surface area contributed by atoms with Gasteiger partial charge in [0.2, 0.25) is 0 Å². The zero-order chi connectivity index (χ0) is 13.2. The van der Waals surface area contributed by atoms with Crippen LogP contribution in [0.15, 0.2) is 42.7 Å². The van der Waals surface area contributed by atoms with Crippen LogP contribution in [-0.4, -0.2) is 16.6 Å². The number of halogens is 1. The summed E-state index contributed by atoms with van der Waals surface area (Å²) < 4.78 is 19.0. The number of pyridine rings is 1. The van der Waals surface area contributed by atoms with Crippen LogP contribution < -0.4 is 4.74 Å². The summed E-state index contributed by atoms with van der Waals surface area (Å²) in [6.07, 6.45) is 3.49. The molecule has 0 aliphatic carbocycles. The van der Waals surface area contributed by atoms with E-state index < -0.39 is 0 Å². The Bertz CT molecular complexity index is 707. The molecule has 3 rings (SSSR count). The van der Waals surface area contributed by atoms with Crippen molar-refractivity contribution in [1.29, 1.82) is 0 Å². The topological polar surface area (TPSA) is 37.9 Å². The molecular formula is C15H13FN2O. The SMILES string of the molecule is CCOc1cc2[nH]c(-c3cccnc3)cc2cc1F. The number of nitrogens with one attached hydrogen (secondary N) is 1. The first-order chi connectivity index (χ1) is 9.28. The van der Waals surface area contributed by atoms with Crippen molar-refractivity contribution in [2.24, 2.45) is 0 Å². The summed E-state index contributed by atoms with van der Waals surface area (Å²) in [5.74, 6) is -0.0688. The van der Waals surface area contributed by atoms with Crippen molar-refractivity contribution < 1.29 is 9.13 Å². The molecule has 1 N–H and O–H groups in total. The Balaban J connectivity index is 2.11. The molecule has 4 heteroatoms. The second-order valence-electron chi connectivity index (χ2n) is 4.23. The Labute approximate surface area is 110 Å². The number of benzene rings is 1. The third-order valence-corrected chi connectivity index (χ3v) is 2.95. The van der Waals surface area contributed by atoms with Crippen LogP contribution in [0.2, 0.25) is 0 Å². The number of rotatable bonds is 3. The van der Waals surface area contributed by atoms with Crippen molar-refractivity contribution in [2.75, 3.05) is 6.61 Å². The van der Waals surface area contributed by atoms with Crippen LogP contribution in [-0.2, 0) is 0 Å². The van der Waals surface area contributed by atoms with Gasteiger partial charge in [0.05, 0.1) is 6.61 Å². The lowest BCUT2D eigenvalue weighted by Crippen LogP contribution is -1.94. The maximum absolute atomic E-state index is 13.8. The third-order valence-electron chi connectivity index (χ3n) is 2.95. The molecule has 0 fully saturated rings. The number of H-pyrrole nitrogens is 1. The van der Waals surface area contributed by atoms with Gasteiger partial charge in [0.25, 0.3) is 0 Å². The fourth-order valence-electron chi connectivity index (χ4n) is 2.08. The van der Waals surface area contributed by atoms with Crippen LogP contribution in [0.4, 0.5) is 4.39 Å². The van der Waals surface area contributed by atoms with Crippen molar-refractivity contribution >= 4 is 10.9 Å². The van der Waals surface area contributed by atoms with Crippen LogP contribution in [0.25, 0.3) is 22.2 Å². The molecule has 0 saturated heterocycles. The summed E-state index contributed by atoms with van der Waals surface area (Å²) >= 11 is 0. The van der Waals surface area contributed by atoms with Crippen molar-refractivity contribution in [3.63, 3.8) is 0 Å². The second-order valence-corrected chi connectivity index (χ2v) is 4.23. The molecule has 0 aliphatic heterocycles. The molecule has 3 nitrogen and oxygen atoms in total. The minimum Gasteiger partial charge on any atom is -0.491 e. The van der Waals surface area contributed by atoms with E-state index in [1.165, 1.54) is 6.07 Å². The zero-order valence-electron chi connectivity index (χ0n) is 10.5. The molecule has 0 unspecified atom stereocenters. The fraction of sp³-hybridized carbons (Fsp3) is 0.133. The zero-order valence-corrected chi connectivity index (χ0v) is 10.5. The van der Waals surface area contributed by atoms with Gasteiger partial charge >= 0.3 is 0 Å². The fourth-order valence-corrected chi connectivity index (χ4v) is 2.08. The molecule has 3 aromatic rings. The Kier molecular flexibility index (Phi) is 2.91. The molecule has 2 heterocycles. The standard InChI is InChI=1S/C15H13FN2O/c1-2-19-15-8-14-11(6-12(15)16)7-13(18-14)10-4-3-5-17-9-10/h3-9,18H,2H2,1H3. The molecule has 0 bridgehead atoms. The quantitative estimate of drug-likeness (QED) is 0.774. The Morgan fingerprint density at radius 1 is 1.32 bits per heavy atom. The highest BCUT2D eigenvalue weighted by atomic mass is 19.1. The number of aromatic nitrogens is 2. The van der Waals surface area contributed by atoms with Crippen molar-refractivity contribution in [3.05, 3.63) is 48.5 Å². The summed E-state index contributed by atoms with van der Waals surface area (Å²) in [6, 6.07) is 8.90. The van der Waals surface area contributed by atoms with E-state index in [0.717, 1.165) is 22.2 Å². The van der Waals surface area contributed by atoms with Gasteiger partial charge in [-0.1, -0.05) is 0 Å². The van der Waals surface area contributed by atoms with E-state index in [9.17, 15) is 4.39 Å². The van der Waals surface area contributed by atoms with Crippen LogP contribution in [0, 0.1) is 5.82 Å². The van der Waals surface area contributed by atoms with E-state index in [4.69, 9.17) is 4.74 Å². The van der Waals surface area contributed by atoms with E-state index in [0.29, 0.717) is 6.61 Å². The summed E-state index contributed by atoms with van der Waals surface area (Å²) in [5, 5.41) is 0.819. The second kappa shape index (κ2) is 4.72. The number of hydrogen-bond acceptors (Lipinski definition) is 2. The largest absolute Gasteiger partial charge is 0.491 e. The van der Waals surface area contributed by atoms with E-state index in [1.54, 1.807) is 18.5 Å². The van der Waals surface area contributed by atoms with Gasteiger partial charge in [-0.2, -0.15) is 0 Å². The minimum absolute atomic E-state index is 0.273. The van der Waals surface area contributed by atoms with Crippen molar-refractivity contribution in [1.82, 2.24) is 9.97 Å². The Morgan fingerprint density at radius 3 is 2.95 bits per heavy atom. The van der Waals surface area contributed by atoms with Gasteiger partial charge in [-0.05, 0) is 31.2 Å². The maximum Gasteiger partial charge on any atom is 0.165 e. The summed E-state index contributed by atoms with van der Waals surface area (Å²) in [4.78, 5) is 7.33. The first-order valence-corrected chi connectivity index (χ1v) is 6.13. The molecule has 0 aliphatic rings. The molecule has 96 valence electrons. The maximum atomic E-state index is 13.8. The first-order valence-electron chi connectivity index (χ1n) is 6.13. The van der Waals surface area contributed by atoms with Crippen LogP contribution >= 0.6 is 0 Å².